The Labute approximate surface area is 233 Å². The lowest BCUT2D eigenvalue weighted by Crippen LogP contribution is -2.31. The van der Waals surface area contributed by atoms with Crippen LogP contribution in [0.5, 0.6) is 5.75 Å². The summed E-state index contributed by atoms with van der Waals surface area (Å²) < 4.78 is 66.3. The highest BCUT2D eigenvalue weighted by Gasteiger charge is 2.29. The van der Waals surface area contributed by atoms with Gasteiger partial charge in [-0.1, -0.05) is 12.2 Å². The molecule has 0 saturated heterocycles. The topological polar surface area (TPSA) is 124 Å². The molecule has 0 saturated carbocycles. The third kappa shape index (κ3) is 8.95. The number of Topliss-reactive ketones (excluding diaryl/α,β-unsaturated/α-hetero) is 2. The number of allylic oxidation sites excluding steroid dienone is 8. The third-order valence-electron chi connectivity index (χ3n) is 5.52. The summed E-state index contributed by atoms with van der Waals surface area (Å²) in [5.74, 6) is -14.8. The van der Waals surface area contributed by atoms with Gasteiger partial charge >= 0.3 is 7.32 Å². The Bertz CT molecular complexity index is 1200. The van der Waals surface area contributed by atoms with Gasteiger partial charge in [0.25, 0.3) is 0 Å². The molecule has 2 N–H and O–H groups in total. The summed E-state index contributed by atoms with van der Waals surface area (Å²) in [5.41, 5.74) is 1.02. The van der Waals surface area contributed by atoms with Crippen LogP contribution in [0.15, 0.2) is 47.9 Å². The second-order valence-corrected chi connectivity index (χ2v) is 7.90. The van der Waals surface area contributed by atoms with Crippen LogP contribution in [0.4, 0.5) is 22.0 Å². The standard InChI is InChI=1S/2C10H13NO2.C6H2BF5O3/c2*1-3-11(4-2)8-6-5-7-9(12)10(8)13;8-1-2(9)4(11)6(15-7(13)14)5(12)3(1)10/h2*5-7H,3-4H2,1-2H3;13-14H. The molecule has 0 bridgehead atoms. The molecule has 1 aromatic rings. The zero-order chi connectivity index (χ0) is 31.4. The molecule has 0 aliphatic heterocycles. The molecule has 2 aliphatic rings. The molecule has 1 aromatic carbocycles. The quantitative estimate of drug-likeness (QED) is 0.118. The van der Waals surface area contributed by atoms with Gasteiger partial charge in [0.15, 0.2) is 5.75 Å². The highest BCUT2D eigenvalue weighted by Crippen LogP contribution is 2.29. The summed E-state index contributed by atoms with van der Waals surface area (Å²) in [6, 6.07) is 0. The molecule has 0 unspecified atom stereocenters. The molecule has 222 valence electrons. The van der Waals surface area contributed by atoms with E-state index in [1.54, 1.807) is 24.3 Å². The average Bonchev–Trinajstić information content (AvgIpc) is 2.95. The number of hydrogen-bond donors (Lipinski definition) is 2. The van der Waals surface area contributed by atoms with Crippen LogP contribution in [0, 0.1) is 29.1 Å². The maximum atomic E-state index is 12.7. The third-order valence-corrected chi connectivity index (χ3v) is 5.52. The van der Waals surface area contributed by atoms with Crippen molar-refractivity contribution in [3.05, 3.63) is 76.9 Å². The first-order chi connectivity index (χ1) is 19.3. The molecular weight excluding hydrogens is 558 g/mol. The van der Waals surface area contributed by atoms with Gasteiger partial charge in [-0.25, -0.2) is 13.2 Å². The van der Waals surface area contributed by atoms with E-state index in [9.17, 15) is 41.1 Å². The van der Waals surface area contributed by atoms with Gasteiger partial charge in [-0.2, -0.15) is 8.78 Å². The molecular formula is C26H28BF5N2O7. The van der Waals surface area contributed by atoms with Crippen LogP contribution < -0.4 is 4.65 Å². The molecule has 0 atom stereocenters. The highest BCUT2D eigenvalue weighted by molar-refractivity contribution is 6.48. The molecule has 0 amide bonds. The van der Waals surface area contributed by atoms with Crippen molar-refractivity contribution in [1.29, 1.82) is 0 Å². The fraction of sp³-hybridized carbons (Fsp3) is 0.308. The van der Waals surface area contributed by atoms with Crippen molar-refractivity contribution in [2.75, 3.05) is 26.2 Å². The summed E-state index contributed by atoms with van der Waals surface area (Å²) in [4.78, 5) is 48.6. The molecule has 0 fully saturated rings. The molecule has 41 heavy (non-hydrogen) atoms. The molecule has 9 nitrogen and oxygen atoms in total. The Morgan fingerprint density at radius 3 is 1.24 bits per heavy atom. The number of ketones is 4. The monoisotopic (exact) mass is 586 g/mol. The number of halogens is 5. The Hall–Kier alpha value is -4.11. The van der Waals surface area contributed by atoms with Crippen LogP contribution in [0.25, 0.3) is 0 Å². The van der Waals surface area contributed by atoms with Gasteiger partial charge in [0.1, 0.15) is 0 Å². The van der Waals surface area contributed by atoms with Gasteiger partial charge in [0, 0.05) is 26.2 Å². The van der Waals surface area contributed by atoms with E-state index < -0.39 is 65.3 Å². The van der Waals surface area contributed by atoms with E-state index in [0.717, 1.165) is 26.2 Å². The molecule has 0 spiro atoms. The number of nitrogens with zero attached hydrogens (tertiary/aromatic N) is 2. The van der Waals surface area contributed by atoms with E-state index in [1.807, 2.05) is 37.5 Å². The van der Waals surface area contributed by atoms with Crippen molar-refractivity contribution >= 4 is 30.5 Å². The van der Waals surface area contributed by atoms with Gasteiger partial charge in [0.2, 0.25) is 52.2 Å². The van der Waals surface area contributed by atoms with Crippen LogP contribution >= 0.6 is 0 Å². The minimum absolute atomic E-state index is 0.397. The van der Waals surface area contributed by atoms with Crippen LogP contribution in [0.2, 0.25) is 0 Å². The average molecular weight is 586 g/mol. The molecule has 2 aliphatic carbocycles. The van der Waals surface area contributed by atoms with Crippen molar-refractivity contribution < 1.29 is 55.8 Å². The molecule has 0 aromatic heterocycles. The number of carbonyl (C=O) groups excluding carboxylic acids is 4. The summed E-state index contributed by atoms with van der Waals surface area (Å²) in [6.07, 6.45) is 9.23. The van der Waals surface area contributed by atoms with Crippen LogP contribution in [-0.4, -0.2) is 76.5 Å². The Morgan fingerprint density at radius 1 is 0.634 bits per heavy atom. The minimum Gasteiger partial charge on any atom is -0.507 e. The lowest BCUT2D eigenvalue weighted by atomic mass is 10.1. The van der Waals surface area contributed by atoms with Crippen molar-refractivity contribution in [1.82, 2.24) is 9.80 Å². The predicted octanol–water partition coefficient (Wildman–Crippen LogP) is 2.57. The maximum Gasteiger partial charge on any atom is 0.707 e. The number of likely N-dealkylation sites (N-methyl/N-ethyl adjacent to an activating group) is 2. The summed E-state index contributed by atoms with van der Waals surface area (Å²) in [6.45, 7) is 10.8. The van der Waals surface area contributed by atoms with Crippen LogP contribution in [0.1, 0.15) is 27.7 Å². The second kappa shape index (κ2) is 16.2. The SMILES string of the molecule is CCN(CC)C1=CC=CC(=O)C1=O.CCN(CC)C1=CC=CC(=O)C1=O.OB(O)Oc1c(F)c(F)c(F)c(F)c1F. The van der Waals surface area contributed by atoms with E-state index >= 15 is 0 Å². The first-order valence-corrected chi connectivity index (χ1v) is 12.2. The predicted molar refractivity (Wildman–Crippen MR) is 137 cm³/mol. The van der Waals surface area contributed by atoms with Crippen molar-refractivity contribution in [3.8, 4) is 5.75 Å². The van der Waals surface area contributed by atoms with Gasteiger partial charge < -0.3 is 24.5 Å². The lowest BCUT2D eigenvalue weighted by molar-refractivity contribution is -0.132. The van der Waals surface area contributed by atoms with Gasteiger partial charge in [-0.3, -0.25) is 19.2 Å². The maximum absolute atomic E-state index is 12.7. The van der Waals surface area contributed by atoms with E-state index in [0.29, 0.717) is 11.4 Å². The number of hydrogen-bond acceptors (Lipinski definition) is 9. The van der Waals surface area contributed by atoms with Crippen LogP contribution in [-0.2, 0) is 19.2 Å². The number of rotatable bonds is 8. The van der Waals surface area contributed by atoms with E-state index in [1.165, 1.54) is 12.2 Å². The molecule has 15 heteroatoms. The van der Waals surface area contributed by atoms with E-state index in [4.69, 9.17) is 10.0 Å². The Kier molecular flexibility index (Phi) is 13.8. The smallest absolute Gasteiger partial charge is 0.507 e. The van der Waals surface area contributed by atoms with E-state index in [2.05, 4.69) is 4.65 Å². The normalized spacial score (nSPS) is 13.9. The Balaban J connectivity index is 0.000000309. The first kappa shape index (κ1) is 34.9. The number of carbonyl (C=O) groups is 4. The molecule has 0 radical (unpaired) electrons. The minimum atomic E-state index is -2.70. The zero-order valence-electron chi connectivity index (χ0n) is 22.6. The molecule has 3 rings (SSSR count). The second-order valence-electron chi connectivity index (χ2n) is 7.90. The van der Waals surface area contributed by atoms with Crippen LogP contribution in [0.3, 0.4) is 0 Å². The van der Waals surface area contributed by atoms with Gasteiger partial charge in [0.05, 0.1) is 11.4 Å². The van der Waals surface area contributed by atoms with Gasteiger partial charge in [-0.15, -0.1) is 0 Å². The zero-order valence-corrected chi connectivity index (χ0v) is 22.6. The summed E-state index contributed by atoms with van der Waals surface area (Å²) in [5, 5.41) is 16.3. The molecule has 0 heterocycles. The lowest BCUT2D eigenvalue weighted by Gasteiger charge is -2.23. The largest absolute Gasteiger partial charge is 0.707 e. The first-order valence-electron chi connectivity index (χ1n) is 12.2. The number of benzene rings is 1. The fourth-order valence-electron chi connectivity index (χ4n) is 3.43. The van der Waals surface area contributed by atoms with Crippen molar-refractivity contribution in [2.45, 2.75) is 27.7 Å². The Morgan fingerprint density at radius 2 is 0.951 bits per heavy atom. The van der Waals surface area contributed by atoms with Crippen molar-refractivity contribution in [2.24, 2.45) is 0 Å². The highest BCUT2D eigenvalue weighted by atomic mass is 19.2. The van der Waals surface area contributed by atoms with Crippen molar-refractivity contribution in [3.63, 3.8) is 0 Å². The summed E-state index contributed by atoms with van der Waals surface area (Å²) in [7, 11) is -2.70. The van der Waals surface area contributed by atoms with Gasteiger partial charge in [-0.05, 0) is 52.0 Å². The van der Waals surface area contributed by atoms with E-state index in [-0.39, 0.29) is 0 Å². The summed E-state index contributed by atoms with van der Waals surface area (Å²) >= 11 is 0. The fourth-order valence-corrected chi connectivity index (χ4v) is 3.43.